The lowest BCUT2D eigenvalue weighted by molar-refractivity contribution is -0.121. The van der Waals surface area contributed by atoms with Crippen LogP contribution >= 0.6 is 0 Å². The highest BCUT2D eigenvalue weighted by molar-refractivity contribution is 5.95. The molecule has 5 rings (SSSR count). The third kappa shape index (κ3) is 2.87. The van der Waals surface area contributed by atoms with Gasteiger partial charge in [-0.1, -0.05) is 0 Å². The number of rotatable bonds is 3. The highest BCUT2D eigenvalue weighted by Gasteiger charge is 2.51. The van der Waals surface area contributed by atoms with E-state index in [1.807, 2.05) is 0 Å². The molecule has 5 nitrogen and oxygen atoms in total. The maximum atomic E-state index is 12.3. The minimum Gasteiger partial charge on any atom is -0.332 e. The average molecular weight is 305 g/mol. The number of likely N-dealkylation sites (tertiary alicyclic amines) is 1. The van der Waals surface area contributed by atoms with Crippen LogP contribution in [-0.2, 0) is 4.79 Å². The van der Waals surface area contributed by atoms with Crippen molar-refractivity contribution in [3.63, 3.8) is 0 Å². The van der Waals surface area contributed by atoms with Gasteiger partial charge in [0, 0.05) is 5.54 Å². The molecule has 4 aliphatic carbocycles. The number of carbonyl (C=O) groups excluding carboxylic acids is 2. The molecular weight excluding hydrogens is 278 g/mol. The summed E-state index contributed by atoms with van der Waals surface area (Å²) in [6.45, 7) is 2.31. The van der Waals surface area contributed by atoms with Crippen LogP contribution in [0.15, 0.2) is 0 Å². The van der Waals surface area contributed by atoms with Crippen LogP contribution in [0.1, 0.15) is 51.4 Å². The summed E-state index contributed by atoms with van der Waals surface area (Å²) in [6, 6.07) is -0.272. The van der Waals surface area contributed by atoms with Crippen LogP contribution in [-0.4, -0.2) is 42.0 Å². The Morgan fingerprint density at radius 2 is 1.50 bits per heavy atom. The van der Waals surface area contributed by atoms with Gasteiger partial charge in [-0.15, -0.1) is 0 Å². The van der Waals surface area contributed by atoms with Crippen molar-refractivity contribution in [1.82, 2.24) is 15.5 Å². The Bertz CT molecular complexity index is 435. The van der Waals surface area contributed by atoms with Gasteiger partial charge in [0.05, 0.1) is 6.54 Å². The van der Waals surface area contributed by atoms with Gasteiger partial charge in [-0.05, 0) is 82.2 Å². The van der Waals surface area contributed by atoms with Gasteiger partial charge in [-0.2, -0.15) is 0 Å². The molecule has 5 aliphatic rings. The number of hydrogen-bond acceptors (Lipinski definition) is 3. The van der Waals surface area contributed by atoms with Crippen LogP contribution in [0.25, 0.3) is 0 Å². The maximum absolute atomic E-state index is 12.3. The molecule has 1 aliphatic heterocycles. The predicted molar refractivity (Wildman–Crippen MR) is 83.3 cm³/mol. The summed E-state index contributed by atoms with van der Waals surface area (Å²) >= 11 is 0. The molecular formula is C17H27N3O2. The molecule has 0 aromatic rings. The van der Waals surface area contributed by atoms with Gasteiger partial charge in [0.1, 0.15) is 0 Å². The number of nitrogens with zero attached hydrogens (tertiary/aromatic N) is 1. The fraction of sp³-hybridized carbons (Fsp3) is 0.882. The highest BCUT2D eigenvalue weighted by atomic mass is 16.2. The molecule has 4 bridgehead atoms. The largest absolute Gasteiger partial charge is 0.332 e. The molecule has 0 aromatic heterocycles. The summed E-state index contributed by atoms with van der Waals surface area (Å²) in [5, 5.41) is 5.74. The minimum absolute atomic E-state index is 0.0211. The van der Waals surface area contributed by atoms with E-state index < -0.39 is 0 Å². The third-order valence-corrected chi connectivity index (χ3v) is 6.24. The van der Waals surface area contributed by atoms with Crippen LogP contribution in [0.2, 0.25) is 0 Å². The van der Waals surface area contributed by atoms with Crippen LogP contribution in [0, 0.1) is 17.8 Å². The maximum Gasteiger partial charge on any atom is 0.321 e. The second kappa shape index (κ2) is 5.52. The third-order valence-electron chi connectivity index (χ3n) is 6.24. The van der Waals surface area contributed by atoms with Gasteiger partial charge in [0.2, 0.25) is 5.91 Å². The summed E-state index contributed by atoms with van der Waals surface area (Å²) in [5.74, 6) is 2.23. The molecule has 2 N–H and O–H groups in total. The molecule has 122 valence electrons. The average Bonchev–Trinajstić information content (AvgIpc) is 2.88. The summed E-state index contributed by atoms with van der Waals surface area (Å²) < 4.78 is 0. The Hall–Kier alpha value is -1.10. The molecule has 0 spiro atoms. The summed E-state index contributed by atoms with van der Waals surface area (Å²) in [6.07, 6.45) is 9.75. The topological polar surface area (TPSA) is 61.4 Å². The van der Waals surface area contributed by atoms with Gasteiger partial charge >= 0.3 is 6.03 Å². The van der Waals surface area contributed by atoms with Crippen molar-refractivity contribution in [2.75, 3.05) is 19.6 Å². The van der Waals surface area contributed by atoms with Crippen LogP contribution < -0.4 is 10.6 Å². The molecule has 0 unspecified atom stereocenters. The van der Waals surface area contributed by atoms with E-state index in [0.29, 0.717) is 6.54 Å². The van der Waals surface area contributed by atoms with E-state index in [0.717, 1.165) is 62.9 Å². The number of amides is 3. The first kappa shape index (κ1) is 14.5. The standard InChI is InChI=1S/C17H27N3O2/c21-15(11-20-3-1-2-4-20)18-16(22)19-17-8-12-5-13(9-17)7-14(6-12)10-17/h12-14H,1-11H2,(H2,18,19,21,22). The summed E-state index contributed by atoms with van der Waals surface area (Å²) in [4.78, 5) is 26.4. The van der Waals surface area contributed by atoms with Gasteiger partial charge in [0.25, 0.3) is 0 Å². The first-order chi connectivity index (χ1) is 10.6. The number of hydrogen-bond donors (Lipinski definition) is 2. The molecule has 1 saturated heterocycles. The molecule has 0 atom stereocenters. The quantitative estimate of drug-likeness (QED) is 0.837. The number of carbonyl (C=O) groups is 2. The van der Waals surface area contributed by atoms with Crippen LogP contribution in [0.4, 0.5) is 4.79 Å². The van der Waals surface area contributed by atoms with Gasteiger partial charge < -0.3 is 5.32 Å². The zero-order chi connectivity index (χ0) is 15.2. The van der Waals surface area contributed by atoms with Crippen molar-refractivity contribution in [3.05, 3.63) is 0 Å². The molecule has 4 saturated carbocycles. The lowest BCUT2D eigenvalue weighted by Gasteiger charge is -2.56. The van der Waals surface area contributed by atoms with Crippen molar-refractivity contribution >= 4 is 11.9 Å². The minimum atomic E-state index is -0.272. The lowest BCUT2D eigenvalue weighted by atomic mass is 9.53. The molecule has 0 aromatic carbocycles. The Morgan fingerprint density at radius 1 is 0.955 bits per heavy atom. The molecule has 5 heteroatoms. The van der Waals surface area contributed by atoms with Gasteiger partial charge in [-0.3, -0.25) is 15.0 Å². The van der Waals surface area contributed by atoms with E-state index in [4.69, 9.17) is 0 Å². The first-order valence-electron chi connectivity index (χ1n) is 8.95. The van der Waals surface area contributed by atoms with E-state index in [-0.39, 0.29) is 17.5 Å². The summed E-state index contributed by atoms with van der Waals surface area (Å²) in [7, 11) is 0. The predicted octanol–water partition coefficient (Wildman–Crippen LogP) is 1.88. The summed E-state index contributed by atoms with van der Waals surface area (Å²) in [5.41, 5.74) is -0.0211. The molecule has 1 heterocycles. The van der Waals surface area contributed by atoms with Crippen LogP contribution in [0.5, 0.6) is 0 Å². The van der Waals surface area contributed by atoms with Gasteiger partial charge in [0.15, 0.2) is 0 Å². The second-order valence-corrected chi connectivity index (χ2v) is 8.18. The fourth-order valence-corrected chi connectivity index (χ4v) is 5.85. The van der Waals surface area contributed by atoms with Crippen molar-refractivity contribution in [1.29, 1.82) is 0 Å². The molecule has 0 radical (unpaired) electrons. The smallest absolute Gasteiger partial charge is 0.321 e. The Balaban J connectivity index is 1.31. The second-order valence-electron chi connectivity index (χ2n) is 8.18. The van der Waals surface area contributed by atoms with E-state index in [9.17, 15) is 9.59 Å². The van der Waals surface area contributed by atoms with E-state index in [1.54, 1.807) is 0 Å². The van der Waals surface area contributed by atoms with Gasteiger partial charge in [-0.25, -0.2) is 4.79 Å². The Labute approximate surface area is 132 Å². The number of nitrogens with one attached hydrogen (secondary N) is 2. The van der Waals surface area contributed by atoms with Crippen molar-refractivity contribution in [3.8, 4) is 0 Å². The number of urea groups is 1. The van der Waals surface area contributed by atoms with E-state index in [2.05, 4.69) is 15.5 Å². The monoisotopic (exact) mass is 305 g/mol. The van der Waals surface area contributed by atoms with E-state index in [1.165, 1.54) is 19.3 Å². The molecule has 3 amide bonds. The molecule has 22 heavy (non-hydrogen) atoms. The van der Waals surface area contributed by atoms with Crippen molar-refractivity contribution < 1.29 is 9.59 Å². The first-order valence-corrected chi connectivity index (χ1v) is 8.95. The Kier molecular flexibility index (Phi) is 3.63. The zero-order valence-electron chi connectivity index (χ0n) is 13.3. The fourth-order valence-electron chi connectivity index (χ4n) is 5.85. The Morgan fingerprint density at radius 3 is 2.05 bits per heavy atom. The number of imide groups is 1. The lowest BCUT2D eigenvalue weighted by Crippen LogP contribution is -2.62. The zero-order valence-corrected chi connectivity index (χ0v) is 13.3. The normalized spacial score (nSPS) is 39.9. The van der Waals surface area contributed by atoms with Crippen LogP contribution in [0.3, 0.4) is 0 Å². The van der Waals surface area contributed by atoms with E-state index >= 15 is 0 Å². The van der Waals surface area contributed by atoms with Crippen molar-refractivity contribution in [2.24, 2.45) is 17.8 Å². The highest BCUT2D eigenvalue weighted by Crippen LogP contribution is 2.55. The molecule has 5 fully saturated rings. The SMILES string of the molecule is O=C(CN1CCCC1)NC(=O)NC12CC3CC(CC(C3)C1)C2. The van der Waals surface area contributed by atoms with Crippen molar-refractivity contribution in [2.45, 2.75) is 56.9 Å².